The molecule has 2 aliphatic heterocycles. The molecule has 2 saturated heterocycles. The number of anilines is 2. The van der Waals surface area contributed by atoms with Crippen LogP contribution in [0.4, 0.5) is 16.2 Å². The van der Waals surface area contributed by atoms with E-state index < -0.39 is 24.0 Å². The minimum absolute atomic E-state index is 0.0164. The number of amides is 5. The number of piperidine rings is 1. The number of urea groups is 1. The van der Waals surface area contributed by atoms with E-state index >= 15 is 0 Å². The topological polar surface area (TPSA) is 123 Å². The third-order valence-corrected chi connectivity index (χ3v) is 6.78. The summed E-state index contributed by atoms with van der Waals surface area (Å²) in [6.07, 6.45) is 1.27. The third-order valence-electron chi connectivity index (χ3n) is 6.78. The molecule has 0 spiro atoms. The predicted molar refractivity (Wildman–Crippen MR) is 143 cm³/mol. The van der Waals surface area contributed by atoms with Crippen molar-refractivity contribution < 1.29 is 23.9 Å². The maximum atomic E-state index is 13.5. The van der Waals surface area contributed by atoms with E-state index in [-0.39, 0.29) is 31.4 Å². The molecule has 4 rings (SSSR count). The van der Waals surface area contributed by atoms with Crippen LogP contribution in [-0.2, 0) is 9.59 Å². The Kier molecular flexibility index (Phi) is 8.35. The van der Waals surface area contributed by atoms with Gasteiger partial charge < -0.3 is 35.4 Å². The molecule has 2 aliphatic rings. The number of nitrogens with zero attached hydrogens (tertiary/aromatic N) is 3. The average Bonchev–Trinajstić information content (AvgIpc) is 2.93. The first-order chi connectivity index (χ1) is 18.3. The summed E-state index contributed by atoms with van der Waals surface area (Å²) < 4.78 is 5.22. The molecule has 202 valence electrons. The zero-order chi connectivity index (χ0) is 27.2. The molecule has 2 atom stereocenters. The number of nitrogens with one attached hydrogen (secondary N) is 3. The van der Waals surface area contributed by atoms with Gasteiger partial charge in [-0.2, -0.15) is 0 Å². The van der Waals surface area contributed by atoms with E-state index in [0.717, 1.165) is 12.1 Å². The summed E-state index contributed by atoms with van der Waals surface area (Å²) in [6.45, 7) is 0.956. The molecule has 38 heavy (non-hydrogen) atoms. The van der Waals surface area contributed by atoms with Crippen LogP contribution in [0.3, 0.4) is 0 Å². The largest absolute Gasteiger partial charge is 0.497 e. The summed E-state index contributed by atoms with van der Waals surface area (Å²) in [7, 11) is 5.36. The molecule has 0 aromatic heterocycles. The van der Waals surface area contributed by atoms with Crippen LogP contribution in [0.15, 0.2) is 48.5 Å². The van der Waals surface area contributed by atoms with Gasteiger partial charge in [-0.15, -0.1) is 0 Å². The summed E-state index contributed by atoms with van der Waals surface area (Å²) in [5, 5.41) is 8.38. The van der Waals surface area contributed by atoms with Gasteiger partial charge in [0.1, 0.15) is 17.8 Å². The van der Waals surface area contributed by atoms with Gasteiger partial charge in [0, 0.05) is 56.7 Å². The zero-order valence-corrected chi connectivity index (χ0v) is 21.9. The van der Waals surface area contributed by atoms with Crippen molar-refractivity contribution in [1.29, 1.82) is 0 Å². The summed E-state index contributed by atoms with van der Waals surface area (Å²) in [4.78, 5) is 57.2. The molecule has 0 radical (unpaired) electrons. The van der Waals surface area contributed by atoms with Crippen molar-refractivity contribution in [1.82, 2.24) is 20.4 Å². The SMILES string of the molecule is COc1cccc(NC(=O)N2CCN(C(=O)c3ccc(N(C)C)cc3)[C@H](C(=O)N[C@@H]3CCCNC3=O)C2)c1. The Hall–Kier alpha value is -4.28. The second-order valence-electron chi connectivity index (χ2n) is 9.56. The van der Waals surface area contributed by atoms with Gasteiger partial charge in [-0.3, -0.25) is 14.4 Å². The molecule has 2 aromatic rings. The zero-order valence-electron chi connectivity index (χ0n) is 21.9. The van der Waals surface area contributed by atoms with Gasteiger partial charge in [-0.25, -0.2) is 4.79 Å². The van der Waals surface area contributed by atoms with E-state index in [0.29, 0.717) is 30.0 Å². The number of methoxy groups -OCH3 is 1. The highest BCUT2D eigenvalue weighted by molar-refractivity contribution is 5.99. The van der Waals surface area contributed by atoms with Gasteiger partial charge >= 0.3 is 6.03 Å². The fourth-order valence-electron chi connectivity index (χ4n) is 4.58. The van der Waals surface area contributed by atoms with Crippen molar-refractivity contribution >= 4 is 35.1 Å². The number of carbonyl (C=O) groups is 4. The van der Waals surface area contributed by atoms with Crippen molar-refractivity contribution in [2.45, 2.75) is 24.9 Å². The van der Waals surface area contributed by atoms with Crippen LogP contribution in [-0.4, -0.2) is 93.0 Å². The number of piperazine rings is 1. The van der Waals surface area contributed by atoms with Crippen LogP contribution < -0.4 is 25.6 Å². The normalized spacial score (nSPS) is 19.3. The molecule has 0 saturated carbocycles. The lowest BCUT2D eigenvalue weighted by atomic mass is 10.0. The number of hydrogen-bond acceptors (Lipinski definition) is 6. The molecule has 5 amide bonds. The minimum atomic E-state index is -0.962. The number of rotatable bonds is 6. The van der Waals surface area contributed by atoms with Gasteiger partial charge in [0.15, 0.2) is 0 Å². The van der Waals surface area contributed by atoms with Crippen LogP contribution in [0, 0.1) is 0 Å². The van der Waals surface area contributed by atoms with Crippen molar-refractivity contribution in [2.75, 3.05) is 57.6 Å². The molecule has 2 fully saturated rings. The highest BCUT2D eigenvalue weighted by Crippen LogP contribution is 2.21. The summed E-state index contributed by atoms with van der Waals surface area (Å²) in [6, 6.07) is 12.1. The molecule has 0 bridgehead atoms. The molecule has 11 nitrogen and oxygen atoms in total. The van der Waals surface area contributed by atoms with E-state index in [1.807, 2.05) is 31.1 Å². The molecular weight excluding hydrogens is 488 g/mol. The summed E-state index contributed by atoms with van der Waals surface area (Å²) >= 11 is 0. The van der Waals surface area contributed by atoms with Gasteiger partial charge in [0.25, 0.3) is 5.91 Å². The highest BCUT2D eigenvalue weighted by atomic mass is 16.5. The van der Waals surface area contributed by atoms with Crippen LogP contribution in [0.25, 0.3) is 0 Å². The maximum absolute atomic E-state index is 13.5. The average molecular weight is 523 g/mol. The Bertz CT molecular complexity index is 1180. The third kappa shape index (κ3) is 6.16. The maximum Gasteiger partial charge on any atom is 0.321 e. The monoisotopic (exact) mass is 522 g/mol. The Morgan fingerprint density at radius 1 is 1.08 bits per heavy atom. The molecule has 11 heteroatoms. The molecule has 2 heterocycles. The van der Waals surface area contributed by atoms with Crippen molar-refractivity contribution in [3.05, 3.63) is 54.1 Å². The second kappa shape index (κ2) is 11.8. The van der Waals surface area contributed by atoms with Crippen LogP contribution in [0.5, 0.6) is 5.75 Å². The lowest BCUT2D eigenvalue weighted by molar-refractivity contribution is -0.133. The van der Waals surface area contributed by atoms with Gasteiger partial charge in [-0.05, 0) is 49.2 Å². The Labute approximate surface area is 222 Å². The van der Waals surface area contributed by atoms with Gasteiger partial charge in [0.05, 0.1) is 13.7 Å². The lowest BCUT2D eigenvalue weighted by Crippen LogP contribution is -2.64. The number of carbonyl (C=O) groups excluding carboxylic acids is 4. The first-order valence-electron chi connectivity index (χ1n) is 12.6. The van der Waals surface area contributed by atoms with E-state index in [2.05, 4.69) is 16.0 Å². The smallest absolute Gasteiger partial charge is 0.321 e. The molecule has 0 aliphatic carbocycles. The lowest BCUT2D eigenvalue weighted by Gasteiger charge is -2.41. The number of ether oxygens (including phenoxy) is 1. The van der Waals surface area contributed by atoms with Crippen LogP contribution >= 0.6 is 0 Å². The first-order valence-corrected chi connectivity index (χ1v) is 12.6. The Morgan fingerprint density at radius 3 is 2.53 bits per heavy atom. The van der Waals surface area contributed by atoms with E-state index in [4.69, 9.17) is 4.74 Å². The fraction of sp³-hybridized carbons (Fsp3) is 0.407. The Balaban J connectivity index is 1.53. The van der Waals surface area contributed by atoms with Crippen LogP contribution in [0.1, 0.15) is 23.2 Å². The highest BCUT2D eigenvalue weighted by Gasteiger charge is 2.39. The van der Waals surface area contributed by atoms with Gasteiger partial charge in [0.2, 0.25) is 11.8 Å². The second-order valence-corrected chi connectivity index (χ2v) is 9.56. The van der Waals surface area contributed by atoms with Crippen molar-refractivity contribution in [3.8, 4) is 5.75 Å². The predicted octanol–water partition coefficient (Wildman–Crippen LogP) is 1.51. The fourth-order valence-corrected chi connectivity index (χ4v) is 4.58. The number of hydrogen-bond donors (Lipinski definition) is 3. The molecule has 3 N–H and O–H groups in total. The molecular formula is C27H34N6O5. The first kappa shape index (κ1) is 26.8. The van der Waals surface area contributed by atoms with E-state index in [1.54, 1.807) is 43.5 Å². The van der Waals surface area contributed by atoms with Crippen molar-refractivity contribution in [3.63, 3.8) is 0 Å². The van der Waals surface area contributed by atoms with E-state index in [9.17, 15) is 19.2 Å². The summed E-state index contributed by atoms with van der Waals surface area (Å²) in [5.41, 5.74) is 1.94. The summed E-state index contributed by atoms with van der Waals surface area (Å²) in [5.74, 6) is -0.424. The van der Waals surface area contributed by atoms with Crippen LogP contribution in [0.2, 0.25) is 0 Å². The number of benzene rings is 2. The van der Waals surface area contributed by atoms with Gasteiger partial charge in [-0.1, -0.05) is 6.07 Å². The Morgan fingerprint density at radius 2 is 1.84 bits per heavy atom. The van der Waals surface area contributed by atoms with E-state index in [1.165, 1.54) is 9.80 Å². The molecule has 0 unspecified atom stereocenters. The quantitative estimate of drug-likeness (QED) is 0.529. The van der Waals surface area contributed by atoms with Crippen molar-refractivity contribution in [2.24, 2.45) is 0 Å². The molecule has 2 aromatic carbocycles. The standard InChI is InChI=1S/C27H34N6O5/c1-31(2)20-11-9-18(10-12-20)26(36)33-15-14-32(27(37)29-19-6-4-7-21(16-19)38-3)17-23(33)25(35)30-22-8-5-13-28-24(22)34/h4,6-7,9-12,16,22-23H,5,8,13-15,17H2,1-3H3,(H,28,34)(H,29,37)(H,30,35)/t22-,23+/m1/s1. The minimum Gasteiger partial charge on any atom is -0.497 e.